The number of rotatable bonds is 5. The molecule has 2 aromatic carbocycles. The van der Waals surface area contributed by atoms with Gasteiger partial charge in [-0.2, -0.15) is 17.5 Å². The summed E-state index contributed by atoms with van der Waals surface area (Å²) in [5, 5.41) is 6.39. The smallest absolute Gasteiger partial charge is 0.368 e. The summed E-state index contributed by atoms with van der Waals surface area (Å²) in [6, 6.07) is 7.62. The van der Waals surface area contributed by atoms with Crippen molar-refractivity contribution in [1.82, 2.24) is 19.1 Å². The molecule has 5 atom stereocenters. The van der Waals surface area contributed by atoms with Crippen molar-refractivity contribution < 1.29 is 30.4 Å². The van der Waals surface area contributed by atoms with Gasteiger partial charge in [0.2, 0.25) is 10.0 Å². The number of hydrogen-bond acceptors (Lipinski definition) is 5. The van der Waals surface area contributed by atoms with E-state index >= 15 is 8.78 Å². The van der Waals surface area contributed by atoms with Crippen LogP contribution in [0, 0.1) is 23.5 Å². The molecule has 3 heterocycles. The summed E-state index contributed by atoms with van der Waals surface area (Å²) in [5.41, 5.74) is -0.0704. The predicted molar refractivity (Wildman–Crippen MR) is 127 cm³/mol. The molecular formula is C25H24F5N5O2S. The van der Waals surface area contributed by atoms with Crippen molar-refractivity contribution in [1.29, 1.82) is 0 Å². The van der Waals surface area contributed by atoms with Crippen molar-refractivity contribution in [2.75, 3.05) is 18.0 Å². The molecule has 0 unspecified atom stereocenters. The first kappa shape index (κ1) is 25.2. The first-order valence-corrected chi connectivity index (χ1v) is 13.8. The first-order chi connectivity index (χ1) is 18.1. The first-order valence-electron chi connectivity index (χ1n) is 12.2. The maximum atomic E-state index is 15.2. The van der Waals surface area contributed by atoms with Crippen LogP contribution in [-0.4, -0.2) is 52.8 Å². The quantitative estimate of drug-likeness (QED) is 0.437. The van der Waals surface area contributed by atoms with Gasteiger partial charge in [0, 0.05) is 49.1 Å². The Hall–Kier alpha value is -3.06. The summed E-state index contributed by atoms with van der Waals surface area (Å²) >= 11 is 0. The Morgan fingerprint density at radius 1 is 0.921 bits per heavy atom. The maximum Gasteiger partial charge on any atom is 0.405 e. The number of sulfonamides is 1. The van der Waals surface area contributed by atoms with Crippen LogP contribution in [0.5, 0.6) is 0 Å². The highest BCUT2D eigenvalue weighted by Crippen LogP contribution is 2.56. The van der Waals surface area contributed by atoms with Crippen LogP contribution in [0.3, 0.4) is 0 Å². The molecule has 202 valence electrons. The fourth-order valence-electron chi connectivity index (χ4n) is 6.08. The van der Waals surface area contributed by atoms with E-state index in [2.05, 4.69) is 10.2 Å². The second kappa shape index (κ2) is 9.01. The molecule has 13 heteroatoms. The van der Waals surface area contributed by atoms with E-state index in [-0.39, 0.29) is 30.0 Å². The van der Waals surface area contributed by atoms with Crippen LogP contribution in [0.25, 0.3) is 0 Å². The Balaban J connectivity index is 1.25. The molecule has 1 aliphatic carbocycles. The Morgan fingerprint density at radius 3 is 2.21 bits per heavy atom. The van der Waals surface area contributed by atoms with Crippen molar-refractivity contribution >= 4 is 15.7 Å². The van der Waals surface area contributed by atoms with Gasteiger partial charge in [-0.25, -0.2) is 17.2 Å². The van der Waals surface area contributed by atoms with Crippen molar-refractivity contribution in [3.8, 4) is 0 Å². The predicted octanol–water partition coefficient (Wildman–Crippen LogP) is 4.46. The SMILES string of the molecule is O=S1(=O)[C@H](c2ccccc2)CC[C@H](C(F)(F)F)N1Cc1cc(F)c(N2C[C@@H]3[C@H](C2)[C@@H]3n2cnnc2)cc1F. The van der Waals surface area contributed by atoms with E-state index in [4.69, 9.17) is 0 Å². The van der Waals surface area contributed by atoms with Gasteiger partial charge in [-0.3, -0.25) is 0 Å². The number of aromatic nitrogens is 3. The minimum absolute atomic E-state index is 0.0111. The number of hydrogen-bond donors (Lipinski definition) is 0. The molecule has 3 fully saturated rings. The van der Waals surface area contributed by atoms with E-state index in [0.29, 0.717) is 23.0 Å². The van der Waals surface area contributed by atoms with Crippen molar-refractivity contribution in [2.45, 2.75) is 42.9 Å². The van der Waals surface area contributed by atoms with Crippen LogP contribution < -0.4 is 4.90 Å². The number of halogens is 5. The lowest BCUT2D eigenvalue weighted by molar-refractivity contribution is -0.176. The molecule has 7 nitrogen and oxygen atoms in total. The number of piperidine rings is 1. The highest BCUT2D eigenvalue weighted by molar-refractivity contribution is 7.89. The molecule has 0 spiro atoms. The summed E-state index contributed by atoms with van der Waals surface area (Å²) < 4.78 is 101. The monoisotopic (exact) mass is 553 g/mol. The number of fused-ring (bicyclic) bond motifs is 1. The Bertz CT molecular complexity index is 1420. The molecule has 0 amide bonds. The van der Waals surface area contributed by atoms with E-state index in [9.17, 15) is 21.6 Å². The number of nitrogens with zero attached hydrogens (tertiary/aromatic N) is 5. The van der Waals surface area contributed by atoms with Gasteiger partial charge in [0.05, 0.1) is 5.69 Å². The minimum atomic E-state index is -4.86. The molecular weight excluding hydrogens is 529 g/mol. The second-order valence-corrected chi connectivity index (χ2v) is 12.2. The molecule has 6 rings (SSSR count). The minimum Gasteiger partial charge on any atom is -0.368 e. The summed E-state index contributed by atoms with van der Waals surface area (Å²) in [7, 11) is -4.53. The van der Waals surface area contributed by atoms with E-state index in [1.807, 2.05) is 4.57 Å². The number of alkyl halides is 3. The van der Waals surface area contributed by atoms with E-state index in [1.54, 1.807) is 35.8 Å². The van der Waals surface area contributed by atoms with Gasteiger partial charge in [0.25, 0.3) is 0 Å². The van der Waals surface area contributed by atoms with E-state index in [1.165, 1.54) is 12.1 Å². The van der Waals surface area contributed by atoms with Crippen LogP contribution in [0.1, 0.15) is 35.3 Å². The molecule has 1 aromatic heterocycles. The third kappa shape index (κ3) is 4.25. The highest BCUT2D eigenvalue weighted by atomic mass is 32.2. The van der Waals surface area contributed by atoms with Gasteiger partial charge in [0.1, 0.15) is 35.6 Å². The van der Waals surface area contributed by atoms with Gasteiger partial charge in [-0.1, -0.05) is 30.3 Å². The zero-order valence-corrected chi connectivity index (χ0v) is 20.8. The van der Waals surface area contributed by atoms with Crippen molar-refractivity contribution in [3.63, 3.8) is 0 Å². The average molecular weight is 554 g/mol. The van der Waals surface area contributed by atoms with Gasteiger partial charge < -0.3 is 9.47 Å². The molecule has 0 N–H and O–H groups in total. The van der Waals surface area contributed by atoms with Crippen LogP contribution >= 0.6 is 0 Å². The normalized spacial score (nSPS) is 28.9. The van der Waals surface area contributed by atoms with E-state index < -0.39 is 57.7 Å². The number of anilines is 1. The Morgan fingerprint density at radius 2 is 1.58 bits per heavy atom. The fraction of sp³-hybridized carbons (Fsp3) is 0.440. The standard InChI is InChI=1S/C25H24F5N5O2S/c26-19-9-21(33-11-17-18(12-33)24(17)34-13-31-32-14-34)20(27)8-16(19)10-35-23(25(28,29)30)7-6-22(38(35,36)37)15-4-2-1-3-5-15/h1-5,8-9,13-14,17-18,22-24H,6-7,10-12H2/t17-,18+,22-,23+,24-/m0/s1. The maximum absolute atomic E-state index is 15.2. The lowest BCUT2D eigenvalue weighted by Gasteiger charge is -2.40. The molecule has 2 aliphatic heterocycles. The second-order valence-electron chi connectivity index (χ2n) is 10.2. The average Bonchev–Trinajstić information content (AvgIpc) is 3.23. The van der Waals surface area contributed by atoms with Crippen molar-refractivity contribution in [2.24, 2.45) is 11.8 Å². The third-order valence-corrected chi connectivity index (χ3v) is 10.3. The molecule has 38 heavy (non-hydrogen) atoms. The van der Waals surface area contributed by atoms with Gasteiger partial charge >= 0.3 is 6.18 Å². The lowest BCUT2D eigenvalue weighted by atomic mass is 10.0. The van der Waals surface area contributed by atoms with Gasteiger partial charge in [-0.15, -0.1) is 10.2 Å². The lowest BCUT2D eigenvalue weighted by Crippen LogP contribution is -2.52. The summed E-state index contributed by atoms with van der Waals surface area (Å²) in [6.45, 7) is 0.0527. The summed E-state index contributed by atoms with van der Waals surface area (Å²) in [5.74, 6) is -1.29. The van der Waals surface area contributed by atoms with Crippen LogP contribution in [0.15, 0.2) is 55.1 Å². The molecule has 0 radical (unpaired) electrons. The summed E-state index contributed by atoms with van der Waals surface area (Å²) in [4.78, 5) is 1.71. The highest BCUT2D eigenvalue weighted by Gasteiger charge is 2.57. The molecule has 3 aliphatic rings. The third-order valence-electron chi connectivity index (χ3n) is 8.00. The van der Waals surface area contributed by atoms with Crippen LogP contribution in [0.4, 0.5) is 27.6 Å². The Labute approximate surface area is 215 Å². The molecule has 2 saturated heterocycles. The number of benzene rings is 2. The Kier molecular flexibility index (Phi) is 5.98. The van der Waals surface area contributed by atoms with Crippen LogP contribution in [-0.2, 0) is 16.6 Å². The van der Waals surface area contributed by atoms with Crippen molar-refractivity contribution in [3.05, 3.63) is 77.9 Å². The fourth-order valence-corrected chi connectivity index (χ4v) is 8.24. The molecule has 0 bridgehead atoms. The summed E-state index contributed by atoms with van der Waals surface area (Å²) in [6.07, 6.45) is -2.33. The van der Waals surface area contributed by atoms with Gasteiger partial charge in [0.15, 0.2) is 0 Å². The zero-order valence-electron chi connectivity index (χ0n) is 20.0. The largest absolute Gasteiger partial charge is 0.405 e. The zero-order chi connectivity index (χ0) is 26.8. The molecule has 1 saturated carbocycles. The van der Waals surface area contributed by atoms with E-state index in [0.717, 1.165) is 12.1 Å². The van der Waals surface area contributed by atoms with Gasteiger partial charge in [-0.05, 0) is 24.5 Å². The topological polar surface area (TPSA) is 71.3 Å². The molecule has 3 aromatic rings. The van der Waals surface area contributed by atoms with Crippen LogP contribution in [0.2, 0.25) is 0 Å².